The van der Waals surface area contributed by atoms with Gasteiger partial charge in [0.1, 0.15) is 11.3 Å². The highest BCUT2D eigenvalue weighted by Crippen LogP contribution is 2.23. The van der Waals surface area contributed by atoms with Crippen molar-refractivity contribution in [3.63, 3.8) is 0 Å². The maximum absolute atomic E-state index is 4.58. The van der Waals surface area contributed by atoms with Crippen LogP contribution in [0, 0.1) is 12.8 Å². The molecule has 21 heavy (non-hydrogen) atoms. The van der Waals surface area contributed by atoms with Gasteiger partial charge in [0.15, 0.2) is 11.5 Å². The van der Waals surface area contributed by atoms with Crippen molar-refractivity contribution in [2.24, 2.45) is 5.92 Å². The number of rotatable bonds is 4. The molecular weight excluding hydrogens is 288 g/mol. The maximum atomic E-state index is 4.58. The van der Waals surface area contributed by atoms with Crippen LogP contribution in [0.25, 0.3) is 5.65 Å². The van der Waals surface area contributed by atoms with Crippen LogP contribution in [-0.4, -0.2) is 49.6 Å². The van der Waals surface area contributed by atoms with Crippen LogP contribution in [0.3, 0.4) is 0 Å². The van der Waals surface area contributed by atoms with Gasteiger partial charge in [0.2, 0.25) is 5.13 Å². The lowest BCUT2D eigenvalue weighted by molar-refractivity contribution is 0.425. The van der Waals surface area contributed by atoms with Crippen molar-refractivity contribution >= 4 is 27.9 Å². The minimum absolute atomic E-state index is 0.605. The van der Waals surface area contributed by atoms with E-state index in [0.29, 0.717) is 5.92 Å². The van der Waals surface area contributed by atoms with Crippen molar-refractivity contribution in [2.45, 2.75) is 6.92 Å². The monoisotopic (exact) mass is 302 g/mol. The average Bonchev–Trinajstić information content (AvgIpc) is 3.08. The summed E-state index contributed by atoms with van der Waals surface area (Å²) < 4.78 is 1.78. The van der Waals surface area contributed by atoms with Crippen LogP contribution in [0.2, 0.25) is 0 Å². The summed E-state index contributed by atoms with van der Waals surface area (Å²) in [5.41, 5.74) is 2.52. The molecule has 108 valence electrons. The van der Waals surface area contributed by atoms with Crippen molar-refractivity contribution < 1.29 is 0 Å². The lowest BCUT2D eigenvalue weighted by Crippen LogP contribution is -2.50. The predicted octanol–water partition coefficient (Wildman–Crippen LogP) is 0.833. The Morgan fingerprint density at radius 2 is 2.19 bits per heavy atom. The first-order chi connectivity index (χ1) is 10.3. The highest BCUT2D eigenvalue weighted by Gasteiger charge is 2.28. The Morgan fingerprint density at radius 3 is 3.00 bits per heavy atom. The van der Waals surface area contributed by atoms with Gasteiger partial charge in [-0.1, -0.05) is 11.3 Å². The average molecular weight is 302 g/mol. The SMILES string of the molecule is Cc1nnc2ccc(N3CC(CNc4nncs4)C3)nn12. The van der Waals surface area contributed by atoms with E-state index in [-0.39, 0.29) is 0 Å². The van der Waals surface area contributed by atoms with Crippen molar-refractivity contribution in [2.75, 3.05) is 29.9 Å². The van der Waals surface area contributed by atoms with Crippen LogP contribution in [0.5, 0.6) is 0 Å². The molecule has 0 unspecified atom stereocenters. The third-order valence-electron chi connectivity index (χ3n) is 3.59. The molecule has 9 heteroatoms. The van der Waals surface area contributed by atoms with Gasteiger partial charge in [-0.15, -0.1) is 25.5 Å². The molecule has 1 aliphatic heterocycles. The number of hydrogen-bond acceptors (Lipinski definition) is 8. The van der Waals surface area contributed by atoms with Crippen LogP contribution < -0.4 is 10.2 Å². The normalized spacial score (nSPS) is 15.4. The van der Waals surface area contributed by atoms with Crippen LogP contribution in [0.1, 0.15) is 5.82 Å². The molecule has 0 atom stereocenters. The number of anilines is 2. The number of aryl methyl sites for hydroxylation is 1. The topological polar surface area (TPSA) is 84.1 Å². The number of fused-ring (bicyclic) bond motifs is 1. The van der Waals surface area contributed by atoms with E-state index in [4.69, 9.17) is 0 Å². The quantitative estimate of drug-likeness (QED) is 0.764. The highest BCUT2D eigenvalue weighted by atomic mass is 32.1. The highest BCUT2D eigenvalue weighted by molar-refractivity contribution is 7.13. The molecule has 0 saturated carbocycles. The van der Waals surface area contributed by atoms with Gasteiger partial charge in [-0.05, 0) is 19.1 Å². The molecule has 0 radical (unpaired) electrons. The number of nitrogens with zero attached hydrogens (tertiary/aromatic N) is 7. The number of hydrogen-bond donors (Lipinski definition) is 1. The minimum Gasteiger partial charge on any atom is -0.360 e. The van der Waals surface area contributed by atoms with Gasteiger partial charge in [0.05, 0.1) is 0 Å². The largest absolute Gasteiger partial charge is 0.360 e. The van der Waals surface area contributed by atoms with Crippen molar-refractivity contribution in [3.8, 4) is 0 Å². The molecule has 0 aliphatic carbocycles. The Hall–Kier alpha value is -2.29. The fourth-order valence-electron chi connectivity index (χ4n) is 2.42. The zero-order valence-electron chi connectivity index (χ0n) is 11.5. The lowest BCUT2D eigenvalue weighted by Gasteiger charge is -2.40. The molecule has 1 saturated heterocycles. The molecule has 0 bridgehead atoms. The number of nitrogens with one attached hydrogen (secondary N) is 1. The van der Waals surface area contributed by atoms with Crippen LogP contribution in [0.4, 0.5) is 10.9 Å². The van der Waals surface area contributed by atoms with Crippen molar-refractivity contribution in [1.82, 2.24) is 30.0 Å². The smallest absolute Gasteiger partial charge is 0.205 e. The van der Waals surface area contributed by atoms with Gasteiger partial charge < -0.3 is 10.2 Å². The zero-order chi connectivity index (χ0) is 14.2. The van der Waals surface area contributed by atoms with Crippen LogP contribution in [0.15, 0.2) is 17.6 Å². The summed E-state index contributed by atoms with van der Waals surface area (Å²) in [4.78, 5) is 2.26. The third kappa shape index (κ3) is 2.29. The second kappa shape index (κ2) is 4.92. The number of aromatic nitrogens is 6. The van der Waals surface area contributed by atoms with Gasteiger partial charge in [0, 0.05) is 25.6 Å². The molecular formula is C12H14N8S. The first-order valence-corrected chi connectivity index (χ1v) is 7.61. The second-order valence-electron chi connectivity index (χ2n) is 5.10. The molecule has 4 heterocycles. The fourth-order valence-corrected chi connectivity index (χ4v) is 2.88. The van der Waals surface area contributed by atoms with E-state index in [0.717, 1.165) is 42.1 Å². The summed E-state index contributed by atoms with van der Waals surface area (Å²) in [6.07, 6.45) is 0. The van der Waals surface area contributed by atoms with Gasteiger partial charge in [-0.2, -0.15) is 4.52 Å². The molecule has 1 aliphatic rings. The summed E-state index contributed by atoms with van der Waals surface area (Å²) in [5.74, 6) is 2.38. The summed E-state index contributed by atoms with van der Waals surface area (Å²) in [5, 5.41) is 24.6. The Morgan fingerprint density at radius 1 is 1.29 bits per heavy atom. The Bertz CT molecular complexity index is 746. The van der Waals surface area contributed by atoms with Crippen LogP contribution in [-0.2, 0) is 0 Å². The summed E-state index contributed by atoms with van der Waals surface area (Å²) in [6, 6.07) is 3.95. The van der Waals surface area contributed by atoms with Crippen LogP contribution >= 0.6 is 11.3 Å². The van der Waals surface area contributed by atoms with Gasteiger partial charge >= 0.3 is 0 Å². The van der Waals surface area contributed by atoms with E-state index in [2.05, 4.69) is 35.7 Å². The van der Waals surface area contributed by atoms with E-state index < -0.39 is 0 Å². The van der Waals surface area contributed by atoms with Gasteiger partial charge in [-0.3, -0.25) is 0 Å². The zero-order valence-corrected chi connectivity index (χ0v) is 12.3. The fraction of sp³-hybridized carbons (Fsp3) is 0.417. The lowest BCUT2D eigenvalue weighted by atomic mass is 10.0. The molecule has 0 spiro atoms. The molecule has 0 amide bonds. The van der Waals surface area contributed by atoms with E-state index in [1.54, 1.807) is 10.0 Å². The molecule has 1 fully saturated rings. The van der Waals surface area contributed by atoms with Gasteiger partial charge in [0.25, 0.3) is 0 Å². The summed E-state index contributed by atoms with van der Waals surface area (Å²) in [7, 11) is 0. The third-order valence-corrected chi connectivity index (χ3v) is 4.24. The molecule has 1 N–H and O–H groups in total. The van der Waals surface area contributed by atoms with E-state index in [1.165, 1.54) is 11.3 Å². The van der Waals surface area contributed by atoms with Gasteiger partial charge in [-0.25, -0.2) is 0 Å². The molecule has 0 aromatic carbocycles. The second-order valence-corrected chi connectivity index (χ2v) is 5.94. The Labute approximate surface area is 124 Å². The predicted molar refractivity (Wildman–Crippen MR) is 79.6 cm³/mol. The Kier molecular flexibility index (Phi) is 2.92. The van der Waals surface area contributed by atoms with E-state index in [9.17, 15) is 0 Å². The van der Waals surface area contributed by atoms with Crippen molar-refractivity contribution in [3.05, 3.63) is 23.5 Å². The van der Waals surface area contributed by atoms with E-state index >= 15 is 0 Å². The molecule has 3 aromatic rings. The van der Waals surface area contributed by atoms with Crippen molar-refractivity contribution in [1.29, 1.82) is 0 Å². The van der Waals surface area contributed by atoms with E-state index in [1.807, 2.05) is 19.1 Å². The first kappa shape index (κ1) is 12.5. The Balaban J connectivity index is 1.38. The summed E-state index contributed by atoms with van der Waals surface area (Å²) >= 11 is 1.52. The first-order valence-electron chi connectivity index (χ1n) is 6.73. The summed E-state index contributed by atoms with van der Waals surface area (Å²) in [6.45, 7) is 4.80. The molecule has 8 nitrogen and oxygen atoms in total. The molecule has 3 aromatic heterocycles. The molecule has 4 rings (SSSR count). The standard InChI is InChI=1S/C12H14N8S/c1-8-15-16-10-2-3-11(18-20(8)10)19-5-9(6-19)4-13-12-17-14-7-21-12/h2-3,7,9H,4-6H2,1H3,(H,13,17). The maximum Gasteiger partial charge on any atom is 0.205 e. The minimum atomic E-state index is 0.605.